The molecule has 0 spiro atoms. The van der Waals surface area contributed by atoms with E-state index in [2.05, 4.69) is 52.5 Å². The Balaban J connectivity index is 3.98. The van der Waals surface area contributed by atoms with Gasteiger partial charge in [0.1, 0.15) is 0 Å². The summed E-state index contributed by atoms with van der Waals surface area (Å²) in [5.41, 5.74) is 2.62. The van der Waals surface area contributed by atoms with Crippen molar-refractivity contribution in [3.63, 3.8) is 0 Å². The minimum absolute atomic E-state index is 0.246. The average molecular weight is 236 g/mol. The molecule has 0 fully saturated rings. The summed E-state index contributed by atoms with van der Waals surface area (Å²) in [4.78, 5) is 0. The van der Waals surface area contributed by atoms with Crippen molar-refractivity contribution in [3.8, 4) is 0 Å². The summed E-state index contributed by atoms with van der Waals surface area (Å²) in [6, 6.07) is 0. The van der Waals surface area contributed by atoms with Crippen LogP contribution in [0.5, 0.6) is 0 Å². The Labute approximate surface area is 107 Å². The second kappa shape index (κ2) is 9.23. The maximum atomic E-state index is 9.04. The maximum Gasteiger partial charge on any atom is 0.0462 e. The molecule has 0 saturated carbocycles. The molecule has 2 atom stereocenters. The Morgan fingerprint density at radius 2 is 2.00 bits per heavy atom. The smallest absolute Gasteiger partial charge is 0.0462 e. The van der Waals surface area contributed by atoms with Crippen molar-refractivity contribution in [2.24, 2.45) is 11.8 Å². The molecule has 0 bridgehead atoms. The van der Waals surface area contributed by atoms with Crippen molar-refractivity contribution in [3.05, 3.63) is 36.0 Å². The number of hydrogen-bond donors (Lipinski definition) is 1. The molecule has 0 heterocycles. The van der Waals surface area contributed by atoms with Gasteiger partial charge in [-0.25, -0.2) is 0 Å². The molecule has 0 rings (SSSR count). The summed E-state index contributed by atoms with van der Waals surface area (Å²) in [6.07, 6.45) is 9.78. The SMILES string of the molecule is C=C(/C=C\[C@@H](C)[C@@H](C)CO)CC/C=C(/C)CC. The Morgan fingerprint density at radius 3 is 2.53 bits per heavy atom. The van der Waals surface area contributed by atoms with Gasteiger partial charge in [0.15, 0.2) is 0 Å². The van der Waals surface area contributed by atoms with E-state index < -0.39 is 0 Å². The molecule has 0 saturated heterocycles. The van der Waals surface area contributed by atoms with E-state index in [-0.39, 0.29) is 6.61 Å². The van der Waals surface area contributed by atoms with E-state index in [0.717, 1.165) is 19.3 Å². The van der Waals surface area contributed by atoms with Crippen LogP contribution in [0.1, 0.15) is 47.0 Å². The zero-order chi connectivity index (χ0) is 13.3. The van der Waals surface area contributed by atoms with E-state index >= 15 is 0 Å². The lowest BCUT2D eigenvalue weighted by Gasteiger charge is -2.12. The number of aliphatic hydroxyl groups is 1. The monoisotopic (exact) mass is 236 g/mol. The van der Waals surface area contributed by atoms with Crippen LogP contribution < -0.4 is 0 Å². The van der Waals surface area contributed by atoms with Crippen molar-refractivity contribution in [2.45, 2.75) is 47.0 Å². The first-order valence-electron chi connectivity index (χ1n) is 6.63. The van der Waals surface area contributed by atoms with Crippen LogP contribution in [-0.2, 0) is 0 Å². The summed E-state index contributed by atoms with van der Waals surface area (Å²) >= 11 is 0. The first-order valence-corrected chi connectivity index (χ1v) is 6.63. The molecular formula is C16H28O. The average Bonchev–Trinajstić information content (AvgIpc) is 2.34. The first kappa shape index (κ1) is 16.2. The van der Waals surface area contributed by atoms with E-state index in [0.29, 0.717) is 11.8 Å². The third kappa shape index (κ3) is 7.98. The minimum Gasteiger partial charge on any atom is -0.396 e. The highest BCUT2D eigenvalue weighted by Gasteiger charge is 2.06. The fourth-order valence-electron chi connectivity index (χ4n) is 1.38. The van der Waals surface area contributed by atoms with Crippen LogP contribution in [0.25, 0.3) is 0 Å². The first-order chi connectivity index (χ1) is 8.01. The topological polar surface area (TPSA) is 20.2 Å². The highest BCUT2D eigenvalue weighted by Crippen LogP contribution is 2.14. The lowest BCUT2D eigenvalue weighted by molar-refractivity contribution is 0.212. The molecule has 0 unspecified atom stereocenters. The molecule has 0 aliphatic heterocycles. The predicted octanol–water partition coefficient (Wildman–Crippen LogP) is 4.50. The van der Waals surface area contributed by atoms with Gasteiger partial charge >= 0.3 is 0 Å². The number of allylic oxidation sites excluding steroid dienone is 5. The molecule has 0 aromatic carbocycles. The second-order valence-corrected chi connectivity index (χ2v) is 4.98. The fourth-order valence-corrected chi connectivity index (χ4v) is 1.38. The molecule has 1 N–H and O–H groups in total. The van der Waals surface area contributed by atoms with Gasteiger partial charge in [0.05, 0.1) is 0 Å². The molecule has 0 radical (unpaired) electrons. The van der Waals surface area contributed by atoms with Gasteiger partial charge in [0, 0.05) is 6.61 Å². The van der Waals surface area contributed by atoms with Crippen LogP contribution in [0.4, 0.5) is 0 Å². The third-order valence-corrected chi connectivity index (χ3v) is 3.34. The standard InChI is InChI=1S/C16H28O/c1-6-13(2)8-7-9-14(3)10-11-15(4)16(5)12-17/h8,10-11,15-17H,3,6-7,9,12H2,1-2,4-5H3/b11-10-,13-8-/t15-,16+/m1/s1. The second-order valence-electron chi connectivity index (χ2n) is 4.98. The van der Waals surface area contributed by atoms with Crippen molar-refractivity contribution in [1.82, 2.24) is 0 Å². The van der Waals surface area contributed by atoms with Gasteiger partial charge in [-0.1, -0.05) is 56.7 Å². The minimum atomic E-state index is 0.246. The summed E-state index contributed by atoms with van der Waals surface area (Å²) in [5.74, 6) is 0.728. The predicted molar refractivity (Wildman–Crippen MR) is 77.0 cm³/mol. The normalized spacial score (nSPS) is 16.2. The fraction of sp³-hybridized carbons (Fsp3) is 0.625. The van der Waals surface area contributed by atoms with Gasteiger partial charge in [0.25, 0.3) is 0 Å². The van der Waals surface area contributed by atoms with Gasteiger partial charge in [-0.3, -0.25) is 0 Å². The lowest BCUT2D eigenvalue weighted by atomic mass is 9.95. The van der Waals surface area contributed by atoms with Crippen molar-refractivity contribution in [1.29, 1.82) is 0 Å². The Kier molecular flexibility index (Phi) is 8.79. The molecule has 17 heavy (non-hydrogen) atoms. The van der Waals surface area contributed by atoms with Crippen LogP contribution >= 0.6 is 0 Å². The van der Waals surface area contributed by atoms with E-state index in [4.69, 9.17) is 5.11 Å². The maximum absolute atomic E-state index is 9.04. The van der Waals surface area contributed by atoms with Gasteiger partial charge in [0.2, 0.25) is 0 Å². The third-order valence-electron chi connectivity index (χ3n) is 3.34. The van der Waals surface area contributed by atoms with Crippen LogP contribution in [0, 0.1) is 11.8 Å². The molecule has 0 aliphatic rings. The number of hydrogen-bond acceptors (Lipinski definition) is 1. The zero-order valence-electron chi connectivity index (χ0n) is 11.9. The zero-order valence-corrected chi connectivity index (χ0v) is 11.9. The van der Waals surface area contributed by atoms with Crippen LogP contribution in [-0.4, -0.2) is 11.7 Å². The number of rotatable bonds is 8. The van der Waals surface area contributed by atoms with E-state index in [1.807, 2.05) is 0 Å². The molecule has 0 aromatic heterocycles. The molecule has 0 aromatic rings. The van der Waals surface area contributed by atoms with Gasteiger partial charge in [-0.15, -0.1) is 0 Å². The van der Waals surface area contributed by atoms with E-state index in [1.165, 1.54) is 11.1 Å². The summed E-state index contributed by atoms with van der Waals surface area (Å²) in [6.45, 7) is 12.8. The van der Waals surface area contributed by atoms with Crippen LogP contribution in [0.15, 0.2) is 36.0 Å². The quantitative estimate of drug-likeness (QED) is 0.486. The lowest BCUT2D eigenvalue weighted by Crippen LogP contribution is -2.09. The van der Waals surface area contributed by atoms with E-state index in [9.17, 15) is 0 Å². The van der Waals surface area contributed by atoms with Crippen LogP contribution in [0.2, 0.25) is 0 Å². The van der Waals surface area contributed by atoms with Crippen LogP contribution in [0.3, 0.4) is 0 Å². The van der Waals surface area contributed by atoms with E-state index in [1.54, 1.807) is 0 Å². The van der Waals surface area contributed by atoms with Crippen molar-refractivity contribution >= 4 is 0 Å². The van der Waals surface area contributed by atoms with Gasteiger partial charge < -0.3 is 5.11 Å². The van der Waals surface area contributed by atoms with Gasteiger partial charge in [-0.05, 0) is 38.0 Å². The molecule has 0 amide bonds. The molecular weight excluding hydrogens is 208 g/mol. The molecule has 1 heteroatoms. The Hall–Kier alpha value is -0.820. The van der Waals surface area contributed by atoms with Crippen molar-refractivity contribution < 1.29 is 5.11 Å². The summed E-state index contributed by atoms with van der Waals surface area (Å²) < 4.78 is 0. The van der Waals surface area contributed by atoms with Crippen molar-refractivity contribution in [2.75, 3.05) is 6.61 Å². The number of aliphatic hydroxyl groups excluding tert-OH is 1. The Bertz CT molecular complexity index is 273. The molecule has 98 valence electrons. The highest BCUT2D eigenvalue weighted by atomic mass is 16.3. The summed E-state index contributed by atoms with van der Waals surface area (Å²) in [5, 5.41) is 9.04. The molecule has 1 nitrogen and oxygen atoms in total. The summed E-state index contributed by atoms with van der Waals surface area (Å²) in [7, 11) is 0. The van der Waals surface area contributed by atoms with Gasteiger partial charge in [-0.2, -0.15) is 0 Å². The molecule has 0 aliphatic carbocycles. The largest absolute Gasteiger partial charge is 0.396 e. The highest BCUT2D eigenvalue weighted by molar-refractivity contribution is 5.16. The Morgan fingerprint density at radius 1 is 1.35 bits per heavy atom.